The summed E-state index contributed by atoms with van der Waals surface area (Å²) >= 11 is 1.29. The molecule has 7 heteroatoms. The third kappa shape index (κ3) is 2.91. The summed E-state index contributed by atoms with van der Waals surface area (Å²) in [6.45, 7) is 0.252. The van der Waals surface area contributed by atoms with Gasteiger partial charge in [-0.05, 0) is 11.5 Å². The molecule has 2 heterocycles. The Hall–Kier alpha value is -3.58. The van der Waals surface area contributed by atoms with Gasteiger partial charge in [-0.25, -0.2) is 0 Å². The van der Waals surface area contributed by atoms with E-state index < -0.39 is 0 Å². The van der Waals surface area contributed by atoms with Crippen LogP contribution < -0.4 is 10.3 Å². The molecule has 0 radical (unpaired) electrons. The quantitative estimate of drug-likeness (QED) is 0.468. The summed E-state index contributed by atoms with van der Waals surface area (Å²) in [4.78, 5) is 13.2. The minimum atomic E-state index is -0.288. The van der Waals surface area contributed by atoms with Gasteiger partial charge in [-0.3, -0.25) is 4.79 Å². The summed E-state index contributed by atoms with van der Waals surface area (Å²) in [6.07, 6.45) is 0. The largest absolute Gasteiger partial charge is 0.486 e. The molecule has 0 atom stereocenters. The molecular formula is C21H14N4O2S. The Kier molecular flexibility index (Phi) is 4.06. The van der Waals surface area contributed by atoms with Crippen LogP contribution in [0.1, 0.15) is 5.01 Å². The van der Waals surface area contributed by atoms with Crippen molar-refractivity contribution in [2.75, 3.05) is 0 Å². The van der Waals surface area contributed by atoms with Crippen LogP contribution in [-0.4, -0.2) is 19.8 Å². The first kappa shape index (κ1) is 16.6. The molecule has 0 aliphatic carbocycles. The van der Waals surface area contributed by atoms with Gasteiger partial charge in [0, 0.05) is 10.9 Å². The average Bonchev–Trinajstić information content (AvgIpc) is 3.17. The molecule has 2 aromatic heterocycles. The fraction of sp³-hybridized carbons (Fsp3) is 0.0476. The van der Waals surface area contributed by atoms with Crippen LogP contribution >= 0.6 is 11.3 Å². The Balaban J connectivity index is 1.47. The van der Waals surface area contributed by atoms with E-state index in [9.17, 15) is 4.79 Å². The van der Waals surface area contributed by atoms with Crippen LogP contribution in [0.15, 0.2) is 77.6 Å². The molecule has 0 unspecified atom stereocenters. The van der Waals surface area contributed by atoms with Crippen LogP contribution in [0.5, 0.6) is 5.75 Å². The Morgan fingerprint density at radius 3 is 2.57 bits per heavy atom. The molecule has 28 heavy (non-hydrogen) atoms. The van der Waals surface area contributed by atoms with Gasteiger partial charge in [0.15, 0.2) is 10.7 Å². The second-order valence-corrected chi connectivity index (χ2v) is 7.22. The maximum atomic E-state index is 12.8. The normalized spacial score (nSPS) is 11.1. The summed E-state index contributed by atoms with van der Waals surface area (Å²) in [6, 6.07) is 23.2. The lowest BCUT2D eigenvalue weighted by atomic mass is 10.1. The van der Waals surface area contributed by atoms with Gasteiger partial charge >= 0.3 is 5.56 Å². The minimum Gasteiger partial charge on any atom is -0.486 e. The van der Waals surface area contributed by atoms with Gasteiger partial charge < -0.3 is 4.74 Å². The number of hydrogen-bond acceptors (Lipinski definition) is 6. The van der Waals surface area contributed by atoms with Crippen molar-refractivity contribution in [1.29, 1.82) is 0 Å². The van der Waals surface area contributed by atoms with E-state index in [0.29, 0.717) is 9.97 Å². The zero-order chi connectivity index (χ0) is 18.9. The summed E-state index contributed by atoms with van der Waals surface area (Å²) in [5.74, 6) is 0.778. The van der Waals surface area contributed by atoms with Crippen LogP contribution in [-0.2, 0) is 6.61 Å². The van der Waals surface area contributed by atoms with Crippen molar-refractivity contribution in [2.24, 2.45) is 0 Å². The van der Waals surface area contributed by atoms with E-state index in [1.165, 1.54) is 15.9 Å². The van der Waals surface area contributed by atoms with Crippen molar-refractivity contribution < 1.29 is 4.74 Å². The predicted molar refractivity (Wildman–Crippen MR) is 109 cm³/mol. The van der Waals surface area contributed by atoms with Crippen molar-refractivity contribution in [1.82, 2.24) is 19.8 Å². The third-order valence-electron chi connectivity index (χ3n) is 4.38. The lowest BCUT2D eigenvalue weighted by molar-refractivity contribution is 0.307. The van der Waals surface area contributed by atoms with Crippen LogP contribution in [0.3, 0.4) is 0 Å². The van der Waals surface area contributed by atoms with E-state index in [-0.39, 0.29) is 17.9 Å². The molecule has 0 N–H and O–H groups in total. The molecule has 0 saturated heterocycles. The third-order valence-corrected chi connectivity index (χ3v) is 5.25. The lowest BCUT2D eigenvalue weighted by Gasteiger charge is -2.07. The molecule has 0 amide bonds. The molecule has 5 aromatic rings. The molecule has 0 saturated carbocycles. The summed E-state index contributed by atoms with van der Waals surface area (Å²) < 4.78 is 7.27. The number of fused-ring (bicyclic) bond motifs is 2. The highest BCUT2D eigenvalue weighted by molar-refractivity contribution is 7.16. The molecule has 0 spiro atoms. The van der Waals surface area contributed by atoms with Crippen molar-refractivity contribution >= 4 is 27.1 Å². The van der Waals surface area contributed by atoms with Gasteiger partial charge in [-0.1, -0.05) is 78.1 Å². The number of benzene rings is 3. The topological polar surface area (TPSA) is 69.4 Å². The molecule has 3 aromatic carbocycles. The maximum Gasteiger partial charge on any atom is 0.302 e. The molecule has 0 bridgehead atoms. The highest BCUT2D eigenvalue weighted by atomic mass is 32.1. The van der Waals surface area contributed by atoms with E-state index in [1.807, 2.05) is 72.8 Å². The van der Waals surface area contributed by atoms with Crippen molar-refractivity contribution in [2.45, 2.75) is 6.61 Å². The second kappa shape index (κ2) is 6.86. The highest BCUT2D eigenvalue weighted by Crippen LogP contribution is 2.26. The van der Waals surface area contributed by atoms with Crippen LogP contribution in [0.25, 0.3) is 27.0 Å². The van der Waals surface area contributed by atoms with Crippen LogP contribution in [0.2, 0.25) is 0 Å². The first-order valence-electron chi connectivity index (χ1n) is 8.71. The maximum absolute atomic E-state index is 12.8. The van der Waals surface area contributed by atoms with Gasteiger partial charge in [0.1, 0.15) is 12.4 Å². The zero-order valence-corrected chi connectivity index (χ0v) is 15.5. The van der Waals surface area contributed by atoms with Crippen molar-refractivity contribution in [3.8, 4) is 17.0 Å². The smallest absolute Gasteiger partial charge is 0.302 e. The van der Waals surface area contributed by atoms with E-state index in [4.69, 9.17) is 4.74 Å². The fourth-order valence-electron chi connectivity index (χ4n) is 3.05. The first-order valence-corrected chi connectivity index (χ1v) is 9.53. The lowest BCUT2D eigenvalue weighted by Crippen LogP contribution is -2.19. The SMILES string of the molecule is O=c1c(-c2ccccc2)nnc2sc(COc3cccc4ccccc34)nn12. The first-order chi connectivity index (χ1) is 13.8. The Morgan fingerprint density at radius 2 is 1.68 bits per heavy atom. The summed E-state index contributed by atoms with van der Waals surface area (Å²) in [5.41, 5.74) is 0.713. The summed E-state index contributed by atoms with van der Waals surface area (Å²) in [5, 5.41) is 15.4. The number of hydrogen-bond donors (Lipinski definition) is 0. The van der Waals surface area contributed by atoms with Gasteiger partial charge in [0.2, 0.25) is 4.96 Å². The van der Waals surface area contributed by atoms with Crippen LogP contribution in [0.4, 0.5) is 0 Å². The Morgan fingerprint density at radius 1 is 0.893 bits per heavy atom. The molecule has 0 aliphatic heterocycles. The Bertz CT molecular complexity index is 1340. The molecule has 6 nitrogen and oxygen atoms in total. The average molecular weight is 386 g/mol. The van der Waals surface area contributed by atoms with Gasteiger partial charge in [-0.2, -0.15) is 9.61 Å². The number of ether oxygens (including phenoxy) is 1. The zero-order valence-electron chi connectivity index (χ0n) is 14.6. The fourth-order valence-corrected chi connectivity index (χ4v) is 3.79. The number of rotatable bonds is 4. The van der Waals surface area contributed by atoms with Gasteiger partial charge in [0.05, 0.1) is 0 Å². The molecule has 0 aliphatic rings. The van der Waals surface area contributed by atoms with Gasteiger partial charge in [-0.15, -0.1) is 10.2 Å². The van der Waals surface area contributed by atoms with Crippen LogP contribution in [0, 0.1) is 0 Å². The van der Waals surface area contributed by atoms with Crippen molar-refractivity contribution in [3.63, 3.8) is 0 Å². The predicted octanol–water partition coefficient (Wildman–Crippen LogP) is 3.95. The van der Waals surface area contributed by atoms with E-state index in [2.05, 4.69) is 15.3 Å². The van der Waals surface area contributed by atoms with E-state index in [1.54, 1.807) is 0 Å². The number of nitrogens with zero attached hydrogens (tertiary/aromatic N) is 4. The van der Waals surface area contributed by atoms with E-state index >= 15 is 0 Å². The standard InChI is InChI=1S/C21H14N4O2S/c26-20-19(15-8-2-1-3-9-15)22-23-21-25(20)24-18(28-21)13-27-17-12-6-10-14-7-4-5-11-16(14)17/h1-12H,13H2. The van der Waals surface area contributed by atoms with Gasteiger partial charge in [0.25, 0.3) is 0 Å². The Labute approximate surface area is 163 Å². The molecule has 136 valence electrons. The second-order valence-electron chi connectivity index (χ2n) is 6.18. The number of aromatic nitrogens is 4. The highest BCUT2D eigenvalue weighted by Gasteiger charge is 2.14. The van der Waals surface area contributed by atoms with E-state index in [0.717, 1.165) is 22.1 Å². The summed E-state index contributed by atoms with van der Waals surface area (Å²) in [7, 11) is 0. The molecule has 5 rings (SSSR count). The molecular weight excluding hydrogens is 372 g/mol. The van der Waals surface area contributed by atoms with Crippen molar-refractivity contribution in [3.05, 3.63) is 88.2 Å². The monoisotopic (exact) mass is 386 g/mol. The molecule has 0 fully saturated rings. The minimum absolute atomic E-state index is 0.252.